The van der Waals surface area contributed by atoms with Crippen LogP contribution in [0.15, 0.2) is 72.8 Å². The fourth-order valence-corrected chi connectivity index (χ4v) is 5.67. The Hall–Kier alpha value is -2.58. The van der Waals surface area contributed by atoms with Crippen LogP contribution in [0.5, 0.6) is 5.75 Å². The zero-order valence-electron chi connectivity index (χ0n) is 27.0. The van der Waals surface area contributed by atoms with Gasteiger partial charge >= 0.3 is 0 Å². The summed E-state index contributed by atoms with van der Waals surface area (Å²) in [5.41, 5.74) is 6.19. The second-order valence-corrected chi connectivity index (χ2v) is 12.0. The first-order valence-electron chi connectivity index (χ1n) is 17.3. The summed E-state index contributed by atoms with van der Waals surface area (Å²) < 4.78 is 12.2. The van der Waals surface area contributed by atoms with Gasteiger partial charge in [0.1, 0.15) is 5.75 Å². The number of hydrogen-bond acceptors (Lipinski definition) is 2. The number of rotatable bonds is 23. The molecule has 0 aromatic heterocycles. The summed E-state index contributed by atoms with van der Waals surface area (Å²) in [7, 11) is 0. The smallest absolute Gasteiger partial charge is 0.119 e. The van der Waals surface area contributed by atoms with Gasteiger partial charge in [0.2, 0.25) is 0 Å². The lowest BCUT2D eigenvalue weighted by atomic mass is 9.94. The van der Waals surface area contributed by atoms with Crippen molar-refractivity contribution in [1.82, 2.24) is 0 Å². The molecule has 3 aromatic rings. The van der Waals surface area contributed by atoms with Gasteiger partial charge in [0.05, 0.1) is 12.7 Å². The molecule has 0 aliphatic heterocycles. The Kier molecular flexibility index (Phi) is 17.1. The highest BCUT2D eigenvalue weighted by molar-refractivity contribution is 5.83. The second kappa shape index (κ2) is 21.2. The highest BCUT2D eigenvalue weighted by Crippen LogP contribution is 2.33. The average Bonchev–Trinajstić information content (AvgIpc) is 3.03. The maximum Gasteiger partial charge on any atom is 0.119 e. The number of benzene rings is 3. The van der Waals surface area contributed by atoms with Crippen LogP contribution in [0.1, 0.15) is 135 Å². The van der Waals surface area contributed by atoms with Crippen molar-refractivity contribution in [3.63, 3.8) is 0 Å². The molecule has 3 aromatic carbocycles. The van der Waals surface area contributed by atoms with Gasteiger partial charge in [-0.05, 0) is 59.7 Å². The van der Waals surface area contributed by atoms with Crippen LogP contribution < -0.4 is 4.74 Å². The van der Waals surface area contributed by atoms with Crippen molar-refractivity contribution in [2.45, 2.75) is 130 Å². The summed E-state index contributed by atoms with van der Waals surface area (Å²) in [6, 6.07) is 26.2. The molecule has 0 spiro atoms. The fraction of sp³-hybridized carbons (Fsp3) is 0.550. The zero-order chi connectivity index (χ0) is 29.7. The maximum atomic E-state index is 6.20. The summed E-state index contributed by atoms with van der Waals surface area (Å²) in [4.78, 5) is 0. The van der Waals surface area contributed by atoms with E-state index < -0.39 is 0 Å². The Balaban J connectivity index is 1.39. The van der Waals surface area contributed by atoms with Crippen molar-refractivity contribution >= 4 is 0 Å². The van der Waals surface area contributed by atoms with E-state index in [1.807, 2.05) is 0 Å². The normalized spacial score (nSPS) is 12.0. The average molecular weight is 571 g/mol. The van der Waals surface area contributed by atoms with Gasteiger partial charge in [-0.3, -0.25) is 0 Å². The van der Waals surface area contributed by atoms with Gasteiger partial charge in [0.15, 0.2) is 0 Å². The molecule has 0 aliphatic rings. The van der Waals surface area contributed by atoms with E-state index in [1.165, 1.54) is 118 Å². The Labute approximate surface area is 258 Å². The molecule has 0 radical (unpaired) electrons. The first-order chi connectivity index (χ1) is 20.7. The van der Waals surface area contributed by atoms with E-state index in [2.05, 4.69) is 93.6 Å². The van der Waals surface area contributed by atoms with E-state index in [9.17, 15) is 0 Å². The molecular formula is C40H58O2. The van der Waals surface area contributed by atoms with Crippen LogP contribution in [0.2, 0.25) is 0 Å². The molecule has 0 bridgehead atoms. The molecule has 0 N–H and O–H groups in total. The lowest BCUT2D eigenvalue weighted by molar-refractivity contribution is 0.0627. The van der Waals surface area contributed by atoms with E-state index >= 15 is 0 Å². The molecule has 1 atom stereocenters. The number of ether oxygens (including phenoxy) is 2. The Morgan fingerprint density at radius 3 is 1.43 bits per heavy atom. The molecule has 0 amide bonds. The molecule has 2 heteroatoms. The molecule has 2 nitrogen and oxygen atoms in total. The Morgan fingerprint density at radius 1 is 0.476 bits per heavy atom. The highest BCUT2D eigenvalue weighted by Gasteiger charge is 2.10. The summed E-state index contributed by atoms with van der Waals surface area (Å²) in [6.07, 6.45) is 21.5. The molecule has 42 heavy (non-hydrogen) atoms. The van der Waals surface area contributed by atoms with E-state index in [0.29, 0.717) is 0 Å². The molecule has 0 fully saturated rings. The van der Waals surface area contributed by atoms with Gasteiger partial charge in [-0.1, -0.05) is 164 Å². The van der Waals surface area contributed by atoms with Gasteiger partial charge in [0.25, 0.3) is 0 Å². The lowest BCUT2D eigenvalue weighted by Gasteiger charge is -2.15. The van der Waals surface area contributed by atoms with E-state index in [1.54, 1.807) is 0 Å². The summed E-state index contributed by atoms with van der Waals surface area (Å²) in [5, 5.41) is 0. The number of unbranched alkanes of at least 4 members (excludes halogenated alkanes) is 14. The van der Waals surface area contributed by atoms with Crippen molar-refractivity contribution in [2.75, 3.05) is 13.2 Å². The molecule has 0 heterocycles. The van der Waals surface area contributed by atoms with Gasteiger partial charge in [-0.15, -0.1) is 0 Å². The standard InChI is InChI=1S/C40H58O2/c1-4-6-8-10-11-12-13-14-15-16-17-21-32-41-34(3)35-24-26-36(27-25-35)39-22-18-19-23-40(39)37-28-30-38(31-29-37)42-33-20-9-7-5-2/h18-19,22-31,34H,4-17,20-21,32-33H2,1-3H3. The van der Waals surface area contributed by atoms with Gasteiger partial charge in [-0.25, -0.2) is 0 Å². The van der Waals surface area contributed by atoms with Crippen molar-refractivity contribution in [2.24, 2.45) is 0 Å². The van der Waals surface area contributed by atoms with Gasteiger partial charge < -0.3 is 9.47 Å². The molecule has 0 saturated carbocycles. The zero-order valence-corrected chi connectivity index (χ0v) is 27.0. The predicted octanol–water partition coefficient (Wildman–Crippen LogP) is 12.8. The Bertz CT molecular complexity index is 1070. The van der Waals surface area contributed by atoms with E-state index in [-0.39, 0.29) is 6.10 Å². The SMILES string of the molecule is CCCCCCCCCCCCCCOC(C)c1ccc(-c2ccccc2-c2ccc(OCCCCCC)cc2)cc1. The third-order valence-corrected chi connectivity index (χ3v) is 8.42. The maximum absolute atomic E-state index is 6.20. The van der Waals surface area contributed by atoms with Crippen LogP contribution in [-0.4, -0.2) is 13.2 Å². The first-order valence-corrected chi connectivity index (χ1v) is 17.3. The summed E-state index contributed by atoms with van der Waals surface area (Å²) in [6.45, 7) is 8.35. The third-order valence-electron chi connectivity index (χ3n) is 8.42. The summed E-state index contributed by atoms with van der Waals surface area (Å²) in [5.74, 6) is 0.953. The molecule has 0 saturated heterocycles. The third kappa shape index (κ3) is 12.7. The van der Waals surface area contributed by atoms with Crippen molar-refractivity contribution in [1.29, 1.82) is 0 Å². The van der Waals surface area contributed by atoms with Gasteiger partial charge in [-0.2, -0.15) is 0 Å². The minimum atomic E-state index is 0.122. The minimum absolute atomic E-state index is 0.122. The fourth-order valence-electron chi connectivity index (χ4n) is 5.67. The molecule has 3 rings (SSSR count). The monoisotopic (exact) mass is 570 g/mol. The van der Waals surface area contributed by atoms with Crippen molar-refractivity contribution < 1.29 is 9.47 Å². The first kappa shape index (κ1) is 33.9. The van der Waals surface area contributed by atoms with Crippen LogP contribution in [-0.2, 0) is 4.74 Å². The van der Waals surface area contributed by atoms with Crippen LogP contribution >= 0.6 is 0 Å². The topological polar surface area (TPSA) is 18.5 Å². The van der Waals surface area contributed by atoms with Crippen molar-refractivity contribution in [3.05, 3.63) is 78.4 Å². The predicted molar refractivity (Wildman–Crippen MR) is 182 cm³/mol. The minimum Gasteiger partial charge on any atom is -0.494 e. The largest absolute Gasteiger partial charge is 0.494 e. The lowest BCUT2D eigenvalue weighted by Crippen LogP contribution is -2.02. The summed E-state index contributed by atoms with van der Waals surface area (Å²) >= 11 is 0. The van der Waals surface area contributed by atoms with Crippen LogP contribution in [0, 0.1) is 0 Å². The van der Waals surface area contributed by atoms with E-state index in [0.717, 1.165) is 31.8 Å². The molecular weight excluding hydrogens is 512 g/mol. The quantitative estimate of drug-likeness (QED) is 0.106. The van der Waals surface area contributed by atoms with Crippen molar-refractivity contribution in [3.8, 4) is 28.0 Å². The molecule has 1 unspecified atom stereocenters. The second-order valence-electron chi connectivity index (χ2n) is 12.0. The molecule has 230 valence electrons. The van der Waals surface area contributed by atoms with Crippen LogP contribution in [0.3, 0.4) is 0 Å². The van der Waals surface area contributed by atoms with Crippen LogP contribution in [0.4, 0.5) is 0 Å². The molecule has 0 aliphatic carbocycles. The van der Waals surface area contributed by atoms with E-state index in [4.69, 9.17) is 9.47 Å². The van der Waals surface area contributed by atoms with Crippen LogP contribution in [0.25, 0.3) is 22.3 Å². The van der Waals surface area contributed by atoms with Gasteiger partial charge in [0, 0.05) is 6.61 Å². The highest BCUT2D eigenvalue weighted by atomic mass is 16.5. The Morgan fingerprint density at radius 2 is 0.905 bits per heavy atom. The number of hydrogen-bond donors (Lipinski definition) is 0.